The molecule has 2 N–H and O–H groups in total. The Morgan fingerprint density at radius 2 is 2.44 bits per heavy atom. The molecular weight excluding hydrogens is 134 g/mol. The van der Waals surface area contributed by atoms with Gasteiger partial charge in [0.1, 0.15) is 0 Å². The van der Waals surface area contributed by atoms with Crippen LogP contribution in [0, 0.1) is 0 Å². The molecule has 54 valence electrons. The highest BCUT2D eigenvalue weighted by Gasteiger charge is 2.18. The molecule has 1 heterocycles. The maximum atomic E-state index is 8.63. The quantitative estimate of drug-likeness (QED) is 0.592. The SMILES string of the molecule is C[C@@H](CO)NC1CSC1. The molecule has 1 atom stereocenters. The Balaban J connectivity index is 2.01. The van der Waals surface area contributed by atoms with E-state index >= 15 is 0 Å². The van der Waals surface area contributed by atoms with E-state index in [0.29, 0.717) is 6.04 Å². The van der Waals surface area contributed by atoms with Gasteiger partial charge >= 0.3 is 0 Å². The van der Waals surface area contributed by atoms with Crippen molar-refractivity contribution in [1.82, 2.24) is 5.32 Å². The number of rotatable bonds is 3. The molecule has 1 aliphatic rings. The fourth-order valence-corrected chi connectivity index (χ4v) is 1.45. The van der Waals surface area contributed by atoms with Crippen molar-refractivity contribution in [3.8, 4) is 0 Å². The molecule has 0 unspecified atom stereocenters. The van der Waals surface area contributed by atoms with E-state index in [0.717, 1.165) is 0 Å². The normalized spacial score (nSPS) is 23.3. The third-order valence-electron chi connectivity index (χ3n) is 1.43. The van der Waals surface area contributed by atoms with Crippen LogP contribution in [0.3, 0.4) is 0 Å². The minimum absolute atomic E-state index is 0.251. The topological polar surface area (TPSA) is 32.3 Å². The van der Waals surface area contributed by atoms with Crippen LogP contribution < -0.4 is 5.32 Å². The summed E-state index contributed by atoms with van der Waals surface area (Å²) in [6.07, 6.45) is 0. The summed E-state index contributed by atoms with van der Waals surface area (Å²) in [5, 5.41) is 11.9. The van der Waals surface area contributed by atoms with Crippen molar-refractivity contribution in [1.29, 1.82) is 0 Å². The predicted octanol–water partition coefficient (Wildman–Crippen LogP) is 0.0722. The second kappa shape index (κ2) is 3.44. The van der Waals surface area contributed by atoms with Gasteiger partial charge in [-0.05, 0) is 6.92 Å². The van der Waals surface area contributed by atoms with Crippen LogP contribution in [0.4, 0.5) is 0 Å². The van der Waals surface area contributed by atoms with E-state index in [1.807, 2.05) is 18.7 Å². The smallest absolute Gasteiger partial charge is 0.0582 e. The maximum Gasteiger partial charge on any atom is 0.0582 e. The molecule has 0 aromatic carbocycles. The molecule has 0 amide bonds. The molecule has 0 aliphatic carbocycles. The first-order valence-corrected chi connectivity index (χ1v) is 4.43. The number of aliphatic hydroxyl groups excluding tert-OH is 1. The molecule has 0 bridgehead atoms. The summed E-state index contributed by atoms with van der Waals surface area (Å²) < 4.78 is 0. The number of thioether (sulfide) groups is 1. The predicted molar refractivity (Wildman–Crippen MR) is 40.8 cm³/mol. The van der Waals surface area contributed by atoms with Crippen LogP contribution >= 0.6 is 11.8 Å². The van der Waals surface area contributed by atoms with Gasteiger partial charge in [-0.15, -0.1) is 0 Å². The Morgan fingerprint density at radius 3 is 2.78 bits per heavy atom. The van der Waals surface area contributed by atoms with E-state index in [2.05, 4.69) is 5.32 Å². The zero-order chi connectivity index (χ0) is 6.69. The summed E-state index contributed by atoms with van der Waals surface area (Å²) in [6.45, 7) is 2.25. The van der Waals surface area contributed by atoms with E-state index in [9.17, 15) is 0 Å². The van der Waals surface area contributed by atoms with Crippen LogP contribution in [0.15, 0.2) is 0 Å². The standard InChI is InChI=1S/C6H13NOS/c1-5(2-8)7-6-3-9-4-6/h5-8H,2-4H2,1H3/t5-/m0/s1. The van der Waals surface area contributed by atoms with Gasteiger partial charge in [-0.25, -0.2) is 0 Å². The lowest BCUT2D eigenvalue weighted by molar-refractivity contribution is 0.245. The number of hydrogen-bond acceptors (Lipinski definition) is 3. The molecule has 1 rings (SSSR count). The Labute approximate surface area is 60.0 Å². The molecular formula is C6H13NOS. The van der Waals surface area contributed by atoms with Crippen LogP contribution in [-0.4, -0.2) is 35.3 Å². The third kappa shape index (κ3) is 2.16. The van der Waals surface area contributed by atoms with Crippen LogP contribution in [-0.2, 0) is 0 Å². The summed E-state index contributed by atoms with van der Waals surface area (Å²) in [6, 6.07) is 0.938. The fraction of sp³-hybridized carbons (Fsp3) is 1.00. The van der Waals surface area contributed by atoms with Gasteiger partial charge < -0.3 is 10.4 Å². The molecule has 9 heavy (non-hydrogen) atoms. The minimum atomic E-state index is 0.251. The molecule has 1 aliphatic heterocycles. The molecule has 1 fully saturated rings. The average molecular weight is 147 g/mol. The Bertz CT molecular complexity index is 82.4. The molecule has 0 radical (unpaired) electrons. The average Bonchev–Trinajstić information content (AvgIpc) is 1.78. The van der Waals surface area contributed by atoms with E-state index < -0.39 is 0 Å². The minimum Gasteiger partial charge on any atom is -0.395 e. The number of aliphatic hydroxyl groups is 1. The van der Waals surface area contributed by atoms with Crippen molar-refractivity contribution in [3.63, 3.8) is 0 Å². The first-order chi connectivity index (χ1) is 4.33. The highest BCUT2D eigenvalue weighted by atomic mass is 32.2. The first-order valence-electron chi connectivity index (χ1n) is 3.27. The zero-order valence-electron chi connectivity index (χ0n) is 5.63. The Kier molecular flexibility index (Phi) is 2.82. The Hall–Kier alpha value is 0.270. The van der Waals surface area contributed by atoms with E-state index in [4.69, 9.17) is 5.11 Å². The fourth-order valence-electron chi connectivity index (χ4n) is 0.787. The van der Waals surface area contributed by atoms with Gasteiger partial charge in [0.05, 0.1) is 6.61 Å². The second-order valence-electron chi connectivity index (χ2n) is 2.48. The molecule has 2 nitrogen and oxygen atoms in total. The summed E-state index contributed by atoms with van der Waals surface area (Å²) in [4.78, 5) is 0. The van der Waals surface area contributed by atoms with E-state index in [1.165, 1.54) is 11.5 Å². The second-order valence-corrected chi connectivity index (χ2v) is 3.56. The molecule has 0 saturated carbocycles. The summed E-state index contributed by atoms with van der Waals surface area (Å²) in [5.41, 5.74) is 0. The van der Waals surface area contributed by atoms with Crippen molar-refractivity contribution >= 4 is 11.8 Å². The molecule has 3 heteroatoms. The van der Waals surface area contributed by atoms with Crippen LogP contribution in [0.2, 0.25) is 0 Å². The highest BCUT2D eigenvalue weighted by molar-refractivity contribution is 8.00. The van der Waals surface area contributed by atoms with Crippen molar-refractivity contribution in [2.75, 3.05) is 18.1 Å². The molecule has 0 spiro atoms. The van der Waals surface area contributed by atoms with Gasteiger partial charge in [0.15, 0.2) is 0 Å². The van der Waals surface area contributed by atoms with Gasteiger partial charge in [0.25, 0.3) is 0 Å². The summed E-state index contributed by atoms with van der Waals surface area (Å²) in [7, 11) is 0. The Morgan fingerprint density at radius 1 is 1.78 bits per heavy atom. The van der Waals surface area contributed by atoms with Gasteiger partial charge in [0.2, 0.25) is 0 Å². The van der Waals surface area contributed by atoms with Crippen molar-refractivity contribution in [2.24, 2.45) is 0 Å². The maximum absolute atomic E-state index is 8.63. The lowest BCUT2D eigenvalue weighted by atomic mass is 10.3. The molecule has 0 aromatic heterocycles. The number of hydrogen-bond donors (Lipinski definition) is 2. The van der Waals surface area contributed by atoms with Crippen LogP contribution in [0.25, 0.3) is 0 Å². The first kappa shape index (κ1) is 7.38. The number of nitrogens with one attached hydrogen (secondary N) is 1. The highest BCUT2D eigenvalue weighted by Crippen LogP contribution is 2.17. The van der Waals surface area contributed by atoms with Crippen molar-refractivity contribution in [2.45, 2.75) is 19.0 Å². The summed E-state index contributed by atoms with van der Waals surface area (Å²) in [5.74, 6) is 2.43. The van der Waals surface area contributed by atoms with Gasteiger partial charge in [-0.3, -0.25) is 0 Å². The largest absolute Gasteiger partial charge is 0.395 e. The monoisotopic (exact) mass is 147 g/mol. The van der Waals surface area contributed by atoms with Gasteiger partial charge in [-0.1, -0.05) is 0 Å². The lowest BCUT2D eigenvalue weighted by Gasteiger charge is -2.28. The van der Waals surface area contributed by atoms with Crippen LogP contribution in [0.1, 0.15) is 6.92 Å². The van der Waals surface area contributed by atoms with Crippen molar-refractivity contribution < 1.29 is 5.11 Å². The molecule has 1 saturated heterocycles. The van der Waals surface area contributed by atoms with Crippen LogP contribution in [0.5, 0.6) is 0 Å². The third-order valence-corrected chi connectivity index (χ3v) is 2.71. The van der Waals surface area contributed by atoms with Gasteiger partial charge in [0, 0.05) is 23.6 Å². The zero-order valence-corrected chi connectivity index (χ0v) is 6.45. The van der Waals surface area contributed by atoms with E-state index in [-0.39, 0.29) is 12.6 Å². The van der Waals surface area contributed by atoms with Crippen molar-refractivity contribution in [3.05, 3.63) is 0 Å². The van der Waals surface area contributed by atoms with Gasteiger partial charge in [-0.2, -0.15) is 11.8 Å². The molecule has 0 aromatic rings. The lowest BCUT2D eigenvalue weighted by Crippen LogP contribution is -2.46. The van der Waals surface area contributed by atoms with E-state index in [1.54, 1.807) is 0 Å². The summed E-state index contributed by atoms with van der Waals surface area (Å²) >= 11 is 1.95.